The number of nitriles is 1. The highest BCUT2D eigenvalue weighted by Gasteiger charge is 2.18. The summed E-state index contributed by atoms with van der Waals surface area (Å²) in [6, 6.07) is 11.8. The average Bonchev–Trinajstić information content (AvgIpc) is 3.14. The lowest BCUT2D eigenvalue weighted by Gasteiger charge is -2.25. The van der Waals surface area contributed by atoms with Crippen molar-refractivity contribution >= 4 is 11.5 Å². The molecule has 1 fully saturated rings. The van der Waals surface area contributed by atoms with E-state index in [0.717, 1.165) is 16.8 Å². The molecule has 0 bridgehead atoms. The van der Waals surface area contributed by atoms with Crippen LogP contribution in [0.5, 0.6) is 5.75 Å². The van der Waals surface area contributed by atoms with Crippen molar-refractivity contribution in [1.82, 2.24) is 15.2 Å². The number of aromatic amines is 1. The van der Waals surface area contributed by atoms with Crippen LogP contribution in [0, 0.1) is 17.2 Å². The van der Waals surface area contributed by atoms with E-state index in [2.05, 4.69) is 26.6 Å². The third-order valence-electron chi connectivity index (χ3n) is 4.66. The number of benzene rings is 1. The number of ether oxygens (including phenoxy) is 1. The van der Waals surface area contributed by atoms with Gasteiger partial charge in [0.1, 0.15) is 17.6 Å². The predicted octanol–water partition coefficient (Wildman–Crippen LogP) is 4.27. The summed E-state index contributed by atoms with van der Waals surface area (Å²) in [5.74, 6) is 2.01. The Kier molecular flexibility index (Phi) is 4.52. The summed E-state index contributed by atoms with van der Waals surface area (Å²) < 4.78 is 5.86. The number of aromatic nitrogens is 3. The number of rotatable bonds is 6. The van der Waals surface area contributed by atoms with Crippen molar-refractivity contribution in [3.63, 3.8) is 0 Å². The van der Waals surface area contributed by atoms with Crippen molar-refractivity contribution in [3.05, 3.63) is 54.5 Å². The van der Waals surface area contributed by atoms with Gasteiger partial charge < -0.3 is 10.1 Å². The maximum absolute atomic E-state index is 9.49. The molecule has 130 valence electrons. The molecule has 0 radical (unpaired) electrons. The monoisotopic (exact) mass is 345 g/mol. The van der Waals surface area contributed by atoms with Crippen LogP contribution in [0.3, 0.4) is 0 Å². The van der Waals surface area contributed by atoms with E-state index in [0.29, 0.717) is 29.7 Å². The van der Waals surface area contributed by atoms with Crippen molar-refractivity contribution in [2.45, 2.75) is 19.3 Å². The van der Waals surface area contributed by atoms with E-state index in [1.807, 2.05) is 30.3 Å². The molecular formula is C20H19N5O. The van der Waals surface area contributed by atoms with Crippen molar-refractivity contribution in [1.29, 1.82) is 5.26 Å². The molecule has 0 spiro atoms. The number of nitrogens with zero attached hydrogens (tertiary/aromatic N) is 3. The fourth-order valence-electron chi connectivity index (χ4n) is 2.94. The first-order chi connectivity index (χ1) is 12.8. The highest BCUT2D eigenvalue weighted by atomic mass is 16.5. The minimum atomic E-state index is 0.558. The predicted molar refractivity (Wildman–Crippen MR) is 99.1 cm³/mol. The second kappa shape index (κ2) is 7.28. The molecule has 26 heavy (non-hydrogen) atoms. The van der Waals surface area contributed by atoms with Crippen LogP contribution in [0.15, 0.2) is 48.9 Å². The van der Waals surface area contributed by atoms with Gasteiger partial charge in [-0.2, -0.15) is 10.4 Å². The minimum Gasteiger partial charge on any atom is -0.492 e. The van der Waals surface area contributed by atoms with Crippen LogP contribution in [-0.2, 0) is 0 Å². The Balaban J connectivity index is 1.54. The minimum absolute atomic E-state index is 0.558. The van der Waals surface area contributed by atoms with Crippen LogP contribution in [0.1, 0.15) is 24.8 Å². The average molecular weight is 345 g/mol. The number of pyridine rings is 1. The Hall–Kier alpha value is -3.33. The van der Waals surface area contributed by atoms with Gasteiger partial charge in [0, 0.05) is 12.4 Å². The summed E-state index contributed by atoms with van der Waals surface area (Å²) in [6.07, 6.45) is 8.93. The van der Waals surface area contributed by atoms with Crippen LogP contribution in [0.2, 0.25) is 0 Å². The van der Waals surface area contributed by atoms with Gasteiger partial charge in [-0.1, -0.05) is 12.5 Å². The van der Waals surface area contributed by atoms with Gasteiger partial charge >= 0.3 is 0 Å². The summed E-state index contributed by atoms with van der Waals surface area (Å²) in [6.45, 7) is 0.696. The summed E-state index contributed by atoms with van der Waals surface area (Å²) in [4.78, 5) is 4.32. The molecule has 6 nitrogen and oxygen atoms in total. The zero-order valence-electron chi connectivity index (χ0n) is 14.3. The van der Waals surface area contributed by atoms with E-state index >= 15 is 0 Å². The normalized spacial score (nSPS) is 13.7. The Bertz CT molecular complexity index is 926. The van der Waals surface area contributed by atoms with Crippen LogP contribution in [0.25, 0.3) is 11.1 Å². The molecule has 2 N–H and O–H groups in total. The molecule has 4 rings (SSSR count). The van der Waals surface area contributed by atoms with Crippen molar-refractivity contribution in [2.75, 3.05) is 11.9 Å². The zero-order valence-corrected chi connectivity index (χ0v) is 14.3. The van der Waals surface area contributed by atoms with Crippen molar-refractivity contribution < 1.29 is 4.74 Å². The largest absolute Gasteiger partial charge is 0.492 e. The first-order valence-electron chi connectivity index (χ1n) is 8.71. The van der Waals surface area contributed by atoms with Crippen molar-refractivity contribution in [2.24, 2.45) is 5.92 Å². The van der Waals surface area contributed by atoms with E-state index in [9.17, 15) is 5.26 Å². The van der Waals surface area contributed by atoms with E-state index in [-0.39, 0.29) is 0 Å². The molecule has 2 heterocycles. The van der Waals surface area contributed by atoms with Gasteiger partial charge in [0.25, 0.3) is 0 Å². The molecule has 0 atom stereocenters. The summed E-state index contributed by atoms with van der Waals surface area (Å²) >= 11 is 0. The van der Waals surface area contributed by atoms with Gasteiger partial charge in [-0.3, -0.25) is 5.10 Å². The van der Waals surface area contributed by atoms with Crippen LogP contribution < -0.4 is 10.1 Å². The lowest BCUT2D eigenvalue weighted by atomic mass is 9.86. The Morgan fingerprint density at radius 1 is 1.23 bits per heavy atom. The quantitative estimate of drug-likeness (QED) is 0.697. The van der Waals surface area contributed by atoms with Gasteiger partial charge in [-0.15, -0.1) is 0 Å². The summed E-state index contributed by atoms with van der Waals surface area (Å²) in [5.41, 5.74) is 3.33. The van der Waals surface area contributed by atoms with Crippen LogP contribution >= 0.6 is 0 Å². The molecular weight excluding hydrogens is 326 g/mol. The number of nitrogens with one attached hydrogen (secondary N) is 2. The zero-order chi connectivity index (χ0) is 17.8. The van der Waals surface area contributed by atoms with Gasteiger partial charge in [-0.05, 0) is 54.2 Å². The van der Waals surface area contributed by atoms with Gasteiger partial charge in [0.15, 0.2) is 0 Å². The molecule has 1 aliphatic carbocycles. The van der Waals surface area contributed by atoms with Gasteiger partial charge in [-0.25, -0.2) is 4.98 Å². The fourth-order valence-corrected chi connectivity index (χ4v) is 2.94. The smallest absolute Gasteiger partial charge is 0.137 e. The lowest BCUT2D eigenvalue weighted by Crippen LogP contribution is -2.19. The highest BCUT2D eigenvalue weighted by molar-refractivity contribution is 5.70. The van der Waals surface area contributed by atoms with Crippen molar-refractivity contribution in [3.8, 4) is 22.9 Å². The standard InChI is InChI=1S/C20H19N5O/c21-10-17-8-15(4-5-19(17)26-13-14-2-1-3-14)16-6-7-22-20(9-16)25-18-11-23-24-12-18/h4-9,11-12,14H,1-3,13H2,(H,22,25)(H,23,24). The molecule has 0 amide bonds. The molecule has 1 aliphatic rings. The molecule has 0 aliphatic heterocycles. The molecule has 0 unspecified atom stereocenters. The van der Waals surface area contributed by atoms with E-state index in [1.54, 1.807) is 18.6 Å². The Morgan fingerprint density at radius 2 is 2.12 bits per heavy atom. The third kappa shape index (κ3) is 3.52. The van der Waals surface area contributed by atoms with E-state index in [4.69, 9.17) is 4.74 Å². The topological polar surface area (TPSA) is 86.6 Å². The summed E-state index contributed by atoms with van der Waals surface area (Å²) in [7, 11) is 0. The SMILES string of the molecule is N#Cc1cc(-c2ccnc(Nc3cn[nH]c3)c2)ccc1OCC1CCC1. The second-order valence-electron chi connectivity index (χ2n) is 6.47. The molecule has 6 heteroatoms. The molecule has 2 aromatic heterocycles. The number of anilines is 2. The highest BCUT2D eigenvalue weighted by Crippen LogP contribution is 2.30. The first kappa shape index (κ1) is 16.2. The lowest BCUT2D eigenvalue weighted by molar-refractivity contribution is 0.180. The number of H-pyrrole nitrogens is 1. The van der Waals surface area contributed by atoms with E-state index < -0.39 is 0 Å². The Labute approximate surface area is 151 Å². The number of hydrogen-bond donors (Lipinski definition) is 2. The maximum Gasteiger partial charge on any atom is 0.137 e. The van der Waals surface area contributed by atoms with Crippen LogP contribution in [0.4, 0.5) is 11.5 Å². The van der Waals surface area contributed by atoms with Gasteiger partial charge in [0.05, 0.1) is 24.1 Å². The van der Waals surface area contributed by atoms with Crippen LogP contribution in [-0.4, -0.2) is 21.8 Å². The second-order valence-corrected chi connectivity index (χ2v) is 6.47. The number of hydrogen-bond acceptors (Lipinski definition) is 5. The molecule has 1 saturated carbocycles. The fraction of sp³-hybridized carbons (Fsp3) is 0.250. The maximum atomic E-state index is 9.49. The van der Waals surface area contributed by atoms with Gasteiger partial charge in [0.2, 0.25) is 0 Å². The molecule has 0 saturated heterocycles. The third-order valence-corrected chi connectivity index (χ3v) is 4.66. The molecule has 3 aromatic rings. The Morgan fingerprint density at radius 3 is 2.85 bits per heavy atom. The molecule has 1 aromatic carbocycles. The first-order valence-corrected chi connectivity index (χ1v) is 8.71. The van der Waals surface area contributed by atoms with E-state index in [1.165, 1.54) is 19.3 Å². The summed E-state index contributed by atoms with van der Waals surface area (Å²) in [5, 5.41) is 19.3.